The molecule has 3 rings (SSSR count). The number of hydrogen-bond acceptors (Lipinski definition) is 6. The number of fused-ring (bicyclic) bond motifs is 1. The number of aromatic hydroxyl groups is 1. The Hall–Kier alpha value is -3.02. The van der Waals surface area contributed by atoms with Crippen LogP contribution in [0, 0.1) is 11.6 Å². The summed E-state index contributed by atoms with van der Waals surface area (Å²) in [7, 11) is 0. The van der Waals surface area contributed by atoms with E-state index in [2.05, 4.69) is 5.32 Å². The molecule has 1 aliphatic heterocycles. The molecule has 0 fully saturated rings. The van der Waals surface area contributed by atoms with Gasteiger partial charge in [-0.1, -0.05) is 24.6 Å². The molecule has 2 amide bonds. The standard InChI is InChI=1S/C23H26ClF2N3O6/c1-3-6-35-11-14-8-28(12(2)10-30)23(34)19-21(32)20(31)15(9-29(14)19)22(33)27-7-13-4-5-16(25)17(24)18(13)26/h4-5,9,12,14,30,32H,3,6-8,10-11H2,1-2H3,(H,27,33)/t12-,14-/m1/s1. The molecule has 1 aliphatic rings. The van der Waals surface area contributed by atoms with Crippen LogP contribution >= 0.6 is 11.6 Å². The number of ether oxygens (including phenoxy) is 1. The number of pyridine rings is 1. The summed E-state index contributed by atoms with van der Waals surface area (Å²) in [4.78, 5) is 39.9. The van der Waals surface area contributed by atoms with Gasteiger partial charge in [-0.05, 0) is 19.4 Å². The molecule has 190 valence electrons. The summed E-state index contributed by atoms with van der Waals surface area (Å²) >= 11 is 5.55. The molecule has 12 heteroatoms. The van der Waals surface area contributed by atoms with Gasteiger partial charge in [0, 0.05) is 31.5 Å². The third-order valence-electron chi connectivity index (χ3n) is 5.73. The van der Waals surface area contributed by atoms with E-state index in [0.29, 0.717) is 6.61 Å². The first kappa shape index (κ1) is 26.6. The topological polar surface area (TPSA) is 121 Å². The lowest BCUT2D eigenvalue weighted by atomic mass is 10.1. The Morgan fingerprint density at radius 3 is 2.71 bits per heavy atom. The number of nitrogens with zero attached hydrogens (tertiary/aromatic N) is 2. The zero-order valence-corrected chi connectivity index (χ0v) is 19.9. The van der Waals surface area contributed by atoms with E-state index < -0.39 is 63.8 Å². The molecule has 2 atom stereocenters. The van der Waals surface area contributed by atoms with Crippen LogP contribution in [0.25, 0.3) is 0 Å². The van der Waals surface area contributed by atoms with Crippen LogP contribution in [0.1, 0.15) is 52.7 Å². The third kappa shape index (κ3) is 5.31. The number of carbonyl (C=O) groups excluding carboxylic acids is 2. The summed E-state index contributed by atoms with van der Waals surface area (Å²) < 4.78 is 34.5. The number of rotatable bonds is 9. The molecule has 1 aromatic heterocycles. The minimum atomic E-state index is -1.09. The van der Waals surface area contributed by atoms with Crippen molar-refractivity contribution < 1.29 is 33.3 Å². The molecule has 0 spiro atoms. The van der Waals surface area contributed by atoms with Gasteiger partial charge in [0.15, 0.2) is 11.4 Å². The van der Waals surface area contributed by atoms with E-state index in [4.69, 9.17) is 16.3 Å². The van der Waals surface area contributed by atoms with E-state index in [1.807, 2.05) is 6.92 Å². The molecule has 0 aliphatic carbocycles. The maximum Gasteiger partial charge on any atom is 0.274 e. The molecular weight excluding hydrogens is 488 g/mol. The quantitative estimate of drug-likeness (QED) is 0.349. The van der Waals surface area contributed by atoms with E-state index >= 15 is 0 Å². The fraction of sp³-hybridized carbons (Fsp3) is 0.435. The lowest BCUT2D eigenvalue weighted by Crippen LogP contribution is -2.50. The van der Waals surface area contributed by atoms with E-state index in [1.54, 1.807) is 6.92 Å². The number of halogens is 3. The van der Waals surface area contributed by atoms with Crippen molar-refractivity contribution >= 4 is 23.4 Å². The van der Waals surface area contributed by atoms with Gasteiger partial charge in [-0.15, -0.1) is 0 Å². The van der Waals surface area contributed by atoms with Crippen molar-refractivity contribution in [3.63, 3.8) is 0 Å². The van der Waals surface area contributed by atoms with Crippen LogP contribution in [0.15, 0.2) is 23.1 Å². The molecule has 9 nitrogen and oxygen atoms in total. The zero-order chi connectivity index (χ0) is 25.9. The maximum atomic E-state index is 14.2. The van der Waals surface area contributed by atoms with Crippen LogP contribution < -0.4 is 10.7 Å². The fourth-order valence-electron chi connectivity index (χ4n) is 3.76. The second-order valence-corrected chi connectivity index (χ2v) is 8.59. The Labute approximate surface area is 204 Å². The minimum absolute atomic E-state index is 0.110. The third-order valence-corrected chi connectivity index (χ3v) is 6.08. The zero-order valence-electron chi connectivity index (χ0n) is 19.2. The smallest absolute Gasteiger partial charge is 0.274 e. The van der Waals surface area contributed by atoms with Gasteiger partial charge in [0.25, 0.3) is 11.8 Å². The van der Waals surface area contributed by atoms with E-state index in [1.165, 1.54) is 9.47 Å². The van der Waals surface area contributed by atoms with Crippen LogP contribution in [0.2, 0.25) is 5.02 Å². The lowest BCUT2D eigenvalue weighted by Gasteiger charge is -2.39. The predicted molar refractivity (Wildman–Crippen MR) is 123 cm³/mol. The van der Waals surface area contributed by atoms with Crippen molar-refractivity contribution in [2.45, 2.75) is 38.9 Å². The van der Waals surface area contributed by atoms with Gasteiger partial charge in [-0.2, -0.15) is 0 Å². The number of aliphatic hydroxyl groups is 1. The molecule has 0 bridgehead atoms. The second-order valence-electron chi connectivity index (χ2n) is 8.21. The number of aliphatic hydroxyl groups excluding tert-OH is 1. The van der Waals surface area contributed by atoms with Gasteiger partial charge in [0.2, 0.25) is 5.43 Å². The van der Waals surface area contributed by atoms with Crippen molar-refractivity contribution in [3.8, 4) is 5.75 Å². The highest BCUT2D eigenvalue weighted by Gasteiger charge is 2.37. The summed E-state index contributed by atoms with van der Waals surface area (Å²) in [6.45, 7) is 3.46. The maximum absolute atomic E-state index is 14.2. The van der Waals surface area contributed by atoms with Crippen LogP contribution in [0.3, 0.4) is 0 Å². The van der Waals surface area contributed by atoms with Crippen LogP contribution in [0.4, 0.5) is 8.78 Å². The van der Waals surface area contributed by atoms with Crippen LogP contribution in [-0.2, 0) is 11.3 Å². The normalized spacial score (nSPS) is 16.2. The van der Waals surface area contributed by atoms with E-state index in [0.717, 1.165) is 24.8 Å². The SMILES string of the molecule is CCCOC[C@H]1CN([C@H](C)CO)C(=O)c2c(O)c(=O)c(C(=O)NCc3ccc(F)c(Cl)c3F)cn21. The molecular formula is C23H26ClF2N3O6. The predicted octanol–water partition coefficient (Wildman–Crippen LogP) is 2.22. The Balaban J connectivity index is 1.96. The van der Waals surface area contributed by atoms with Gasteiger partial charge >= 0.3 is 0 Å². The summed E-state index contributed by atoms with van der Waals surface area (Å²) in [5.41, 5.74) is -2.00. The molecule has 0 saturated carbocycles. The highest BCUT2D eigenvalue weighted by molar-refractivity contribution is 6.30. The second kappa shape index (κ2) is 11.1. The molecule has 1 aromatic carbocycles. The first-order valence-electron chi connectivity index (χ1n) is 11.0. The molecule has 35 heavy (non-hydrogen) atoms. The largest absolute Gasteiger partial charge is 0.503 e. The number of aromatic nitrogens is 1. The summed E-state index contributed by atoms with van der Waals surface area (Å²) in [6.07, 6.45) is 1.89. The average Bonchev–Trinajstić information content (AvgIpc) is 2.84. The average molecular weight is 514 g/mol. The van der Waals surface area contributed by atoms with Crippen molar-refractivity contribution in [1.29, 1.82) is 0 Å². The first-order chi connectivity index (χ1) is 16.6. The van der Waals surface area contributed by atoms with Gasteiger partial charge < -0.3 is 29.7 Å². The van der Waals surface area contributed by atoms with Gasteiger partial charge in [-0.25, -0.2) is 8.78 Å². The number of amides is 2. The summed E-state index contributed by atoms with van der Waals surface area (Å²) in [5.74, 6) is -4.54. The monoisotopic (exact) mass is 513 g/mol. The van der Waals surface area contributed by atoms with E-state index in [-0.39, 0.29) is 31.0 Å². The van der Waals surface area contributed by atoms with E-state index in [9.17, 15) is 33.4 Å². The minimum Gasteiger partial charge on any atom is -0.503 e. The molecule has 0 saturated heterocycles. The number of hydrogen-bond donors (Lipinski definition) is 3. The highest BCUT2D eigenvalue weighted by Crippen LogP contribution is 2.28. The van der Waals surface area contributed by atoms with Gasteiger partial charge in [0.1, 0.15) is 22.2 Å². The molecule has 0 radical (unpaired) electrons. The molecule has 2 aromatic rings. The Morgan fingerprint density at radius 2 is 2.06 bits per heavy atom. The Morgan fingerprint density at radius 1 is 1.34 bits per heavy atom. The van der Waals surface area contributed by atoms with Crippen molar-refractivity contribution in [3.05, 3.63) is 62.0 Å². The highest BCUT2D eigenvalue weighted by atomic mass is 35.5. The number of benzene rings is 1. The summed E-state index contributed by atoms with van der Waals surface area (Å²) in [5, 5.41) is 21.8. The molecule has 0 unspecified atom stereocenters. The Bertz CT molecular complexity index is 1190. The summed E-state index contributed by atoms with van der Waals surface area (Å²) in [6, 6.07) is 0.900. The van der Waals surface area contributed by atoms with Gasteiger partial charge in [-0.3, -0.25) is 14.4 Å². The number of nitrogens with one attached hydrogen (secondary N) is 1. The van der Waals surface area contributed by atoms with Crippen molar-refractivity contribution in [2.75, 3.05) is 26.4 Å². The molecule has 3 N–H and O–H groups in total. The van der Waals surface area contributed by atoms with Crippen LogP contribution in [0.5, 0.6) is 5.75 Å². The fourth-order valence-corrected chi connectivity index (χ4v) is 3.95. The number of carbonyl (C=O) groups is 2. The lowest BCUT2D eigenvalue weighted by molar-refractivity contribution is 0.0347. The van der Waals surface area contributed by atoms with Crippen LogP contribution in [-0.4, -0.2) is 63.9 Å². The van der Waals surface area contributed by atoms with Gasteiger partial charge in [0.05, 0.1) is 25.3 Å². The van der Waals surface area contributed by atoms with Crippen molar-refractivity contribution in [1.82, 2.24) is 14.8 Å². The Kier molecular flexibility index (Phi) is 8.47. The van der Waals surface area contributed by atoms with Crippen molar-refractivity contribution in [2.24, 2.45) is 0 Å². The molecule has 2 heterocycles. The first-order valence-corrected chi connectivity index (χ1v) is 11.4.